The normalized spacial score (nSPS) is 38.2. The molecule has 2 unspecified atom stereocenters. The van der Waals surface area contributed by atoms with Gasteiger partial charge in [-0.2, -0.15) is 0 Å². The van der Waals surface area contributed by atoms with Gasteiger partial charge in [0.15, 0.2) is 0 Å². The Labute approximate surface area is 128 Å². The van der Waals surface area contributed by atoms with Gasteiger partial charge in [-0.15, -0.1) is 0 Å². The number of oxime groups is 1. The van der Waals surface area contributed by atoms with Crippen molar-refractivity contribution in [2.45, 2.75) is 5.41 Å². The second kappa shape index (κ2) is 4.76. The number of nitro benzene ring substituents is 1. The molecular weight excluding hydrogens is 284 g/mol. The third-order valence-electron chi connectivity index (χ3n) is 5.29. The molecule has 0 radical (unpaired) electrons. The quantitative estimate of drug-likeness (QED) is 0.499. The molecule has 0 saturated carbocycles. The van der Waals surface area contributed by atoms with Gasteiger partial charge < -0.3 is 15.0 Å². The summed E-state index contributed by atoms with van der Waals surface area (Å²) in [6, 6.07) is 6.73. The predicted molar refractivity (Wildman–Crippen MR) is 80.4 cm³/mol. The molecule has 116 valence electrons. The molecule has 7 heteroatoms. The largest absolute Gasteiger partial charge is 0.411 e. The number of hydrogen-bond acceptors (Lipinski definition) is 6. The summed E-state index contributed by atoms with van der Waals surface area (Å²) < 4.78 is 0. The number of fused-ring (bicyclic) bond motifs is 1. The van der Waals surface area contributed by atoms with Crippen LogP contribution in [-0.4, -0.2) is 64.9 Å². The van der Waals surface area contributed by atoms with Crippen molar-refractivity contribution in [1.29, 1.82) is 0 Å². The topological polar surface area (TPSA) is 82.2 Å². The minimum Gasteiger partial charge on any atom is -0.411 e. The molecule has 22 heavy (non-hydrogen) atoms. The molecule has 4 aliphatic heterocycles. The molecule has 4 fully saturated rings. The highest BCUT2D eigenvalue weighted by Crippen LogP contribution is 2.41. The first kappa shape index (κ1) is 13.7. The number of rotatable bonds is 2. The molecule has 5 rings (SSSR count). The Kier molecular flexibility index (Phi) is 2.95. The van der Waals surface area contributed by atoms with Crippen molar-refractivity contribution in [3.05, 3.63) is 39.9 Å². The maximum Gasteiger partial charge on any atom is 0.269 e. The molecule has 1 aromatic carbocycles. The summed E-state index contributed by atoms with van der Waals surface area (Å²) in [5, 5.41) is 24.1. The van der Waals surface area contributed by atoms with Crippen LogP contribution < -0.4 is 0 Å². The van der Waals surface area contributed by atoms with Crippen molar-refractivity contribution in [3.63, 3.8) is 0 Å². The summed E-state index contributed by atoms with van der Waals surface area (Å²) in [6.07, 6.45) is 0. The van der Waals surface area contributed by atoms with Crippen LogP contribution in [0.3, 0.4) is 0 Å². The zero-order chi connectivity index (χ0) is 15.3. The van der Waals surface area contributed by atoms with E-state index >= 15 is 0 Å². The van der Waals surface area contributed by atoms with Gasteiger partial charge in [0.05, 0.1) is 16.0 Å². The van der Waals surface area contributed by atoms with E-state index in [9.17, 15) is 15.3 Å². The first-order chi connectivity index (χ1) is 10.6. The van der Waals surface area contributed by atoms with Crippen LogP contribution in [0.15, 0.2) is 29.4 Å². The van der Waals surface area contributed by atoms with Gasteiger partial charge in [0.2, 0.25) is 0 Å². The highest BCUT2D eigenvalue weighted by atomic mass is 16.6. The van der Waals surface area contributed by atoms with Crippen molar-refractivity contribution >= 4 is 11.4 Å². The number of nitro groups is 1. The van der Waals surface area contributed by atoms with Crippen LogP contribution in [0.1, 0.15) is 5.56 Å². The lowest BCUT2D eigenvalue weighted by Crippen LogP contribution is -2.63. The van der Waals surface area contributed by atoms with Crippen molar-refractivity contribution in [2.24, 2.45) is 11.1 Å². The van der Waals surface area contributed by atoms with Gasteiger partial charge in [-0.05, 0) is 5.56 Å². The Morgan fingerprint density at radius 2 is 1.77 bits per heavy atom. The van der Waals surface area contributed by atoms with E-state index in [4.69, 9.17) is 0 Å². The molecule has 0 aliphatic carbocycles. The summed E-state index contributed by atoms with van der Waals surface area (Å²) in [4.78, 5) is 15.3. The van der Waals surface area contributed by atoms with Crippen LogP contribution in [0.5, 0.6) is 0 Å². The highest BCUT2D eigenvalue weighted by Gasteiger charge is 2.53. The molecule has 0 aromatic heterocycles. The van der Waals surface area contributed by atoms with E-state index in [1.165, 1.54) is 0 Å². The van der Waals surface area contributed by atoms with Gasteiger partial charge in [-0.1, -0.05) is 17.3 Å². The third-order valence-corrected chi connectivity index (χ3v) is 5.29. The van der Waals surface area contributed by atoms with Gasteiger partial charge in [-0.3, -0.25) is 10.1 Å². The lowest BCUT2D eigenvalue weighted by atomic mass is 9.66. The molecular formula is C15H18N4O3. The molecule has 4 heterocycles. The first-order valence-electron chi connectivity index (χ1n) is 7.54. The van der Waals surface area contributed by atoms with Gasteiger partial charge in [-0.25, -0.2) is 0 Å². The van der Waals surface area contributed by atoms with Crippen molar-refractivity contribution in [3.8, 4) is 0 Å². The zero-order valence-electron chi connectivity index (χ0n) is 12.2. The number of benzene rings is 1. The second-order valence-electron chi connectivity index (χ2n) is 6.54. The van der Waals surface area contributed by atoms with Crippen LogP contribution in [0.2, 0.25) is 0 Å². The van der Waals surface area contributed by atoms with Gasteiger partial charge >= 0.3 is 0 Å². The number of nitrogens with zero attached hydrogens (tertiary/aromatic N) is 4. The summed E-state index contributed by atoms with van der Waals surface area (Å²) in [5.74, 6) is 0.241. The van der Waals surface area contributed by atoms with Gasteiger partial charge in [0.25, 0.3) is 5.69 Å². The van der Waals surface area contributed by atoms with E-state index in [2.05, 4.69) is 15.0 Å². The molecule has 1 aromatic rings. The lowest BCUT2D eigenvalue weighted by molar-refractivity contribution is -0.384. The molecule has 4 bridgehead atoms. The minimum absolute atomic E-state index is 0.0920. The maximum absolute atomic E-state index is 10.9. The molecule has 1 N–H and O–H groups in total. The number of piperidine rings is 2. The molecule has 0 amide bonds. The zero-order valence-corrected chi connectivity index (χ0v) is 12.2. The lowest BCUT2D eigenvalue weighted by Gasteiger charge is -2.50. The fraction of sp³-hybridized carbons (Fsp3) is 0.533. The monoisotopic (exact) mass is 302 g/mol. The number of hydrogen-bond donors (Lipinski definition) is 1. The SMILES string of the molecule is O=[N+]([O-])c1ccc(C23CN4CCN(CC(C4)/C2=N\O)C3)cc1. The van der Waals surface area contributed by atoms with Crippen molar-refractivity contribution < 1.29 is 10.1 Å². The molecule has 2 atom stereocenters. The highest BCUT2D eigenvalue weighted by molar-refractivity contribution is 5.99. The Morgan fingerprint density at radius 3 is 2.27 bits per heavy atom. The Hall–Kier alpha value is -1.99. The van der Waals surface area contributed by atoms with Gasteiger partial charge in [0, 0.05) is 57.3 Å². The summed E-state index contributed by atoms with van der Waals surface area (Å²) in [5.41, 5.74) is 1.60. The second-order valence-corrected chi connectivity index (χ2v) is 6.54. The third kappa shape index (κ3) is 1.85. The van der Waals surface area contributed by atoms with E-state index < -0.39 is 0 Å². The molecule has 7 nitrogen and oxygen atoms in total. The van der Waals surface area contributed by atoms with E-state index in [1.54, 1.807) is 12.1 Å². The summed E-state index contributed by atoms with van der Waals surface area (Å²) in [6.45, 7) is 5.57. The van der Waals surface area contributed by atoms with Crippen LogP contribution in [0.25, 0.3) is 0 Å². The maximum atomic E-state index is 10.9. The molecule has 4 saturated heterocycles. The minimum atomic E-state index is -0.385. The standard InChI is InChI=1S/C15H18N4O3/c20-16-14-11-7-17-5-6-18(8-11)10-15(14,9-17)12-1-3-13(4-2-12)19(21)22/h1-4,11,20H,5-10H2/b16-14+. The predicted octanol–water partition coefficient (Wildman–Crippen LogP) is 0.924. The first-order valence-corrected chi connectivity index (χ1v) is 7.54. The van der Waals surface area contributed by atoms with Crippen LogP contribution in [-0.2, 0) is 5.41 Å². The van der Waals surface area contributed by atoms with Crippen LogP contribution in [0, 0.1) is 16.0 Å². The Balaban J connectivity index is 1.81. The van der Waals surface area contributed by atoms with E-state index in [0.717, 1.165) is 50.5 Å². The fourth-order valence-electron chi connectivity index (χ4n) is 4.38. The van der Waals surface area contributed by atoms with E-state index in [-0.39, 0.29) is 21.9 Å². The van der Waals surface area contributed by atoms with Crippen molar-refractivity contribution in [2.75, 3.05) is 39.3 Å². The van der Waals surface area contributed by atoms with Crippen molar-refractivity contribution in [1.82, 2.24) is 9.80 Å². The Bertz CT molecular complexity index is 627. The summed E-state index contributed by atoms with van der Waals surface area (Å²) in [7, 11) is 0. The number of non-ortho nitro benzene ring substituents is 1. The smallest absolute Gasteiger partial charge is 0.269 e. The molecule has 4 aliphatic rings. The molecule has 0 spiro atoms. The summed E-state index contributed by atoms with van der Waals surface area (Å²) >= 11 is 0. The van der Waals surface area contributed by atoms with Crippen LogP contribution >= 0.6 is 0 Å². The Morgan fingerprint density at radius 1 is 1.18 bits per heavy atom. The fourth-order valence-corrected chi connectivity index (χ4v) is 4.38. The van der Waals surface area contributed by atoms with E-state index in [0.29, 0.717) is 0 Å². The van der Waals surface area contributed by atoms with Crippen LogP contribution in [0.4, 0.5) is 5.69 Å². The van der Waals surface area contributed by atoms with Gasteiger partial charge in [0.1, 0.15) is 0 Å². The average molecular weight is 302 g/mol. The average Bonchev–Trinajstić information content (AvgIpc) is 2.76. The van der Waals surface area contributed by atoms with E-state index in [1.807, 2.05) is 12.1 Å².